The van der Waals surface area contributed by atoms with E-state index in [9.17, 15) is 13.9 Å². The van der Waals surface area contributed by atoms with Gasteiger partial charge >= 0.3 is 0 Å². The Morgan fingerprint density at radius 3 is 2.70 bits per heavy atom. The molecule has 6 heteroatoms. The van der Waals surface area contributed by atoms with E-state index < -0.39 is 17.2 Å². The SMILES string of the molecule is CN(C(N)=NCC(C)(O)c1ccc(F)cc1F)C1CC1. The number of nitrogens with zero attached hydrogens (tertiary/aromatic N) is 2. The second-order valence-electron chi connectivity index (χ2n) is 5.41. The van der Waals surface area contributed by atoms with Gasteiger partial charge in [-0.3, -0.25) is 0 Å². The summed E-state index contributed by atoms with van der Waals surface area (Å²) in [7, 11) is 1.84. The van der Waals surface area contributed by atoms with Gasteiger partial charge in [0, 0.05) is 24.7 Å². The number of halogens is 2. The van der Waals surface area contributed by atoms with Crippen molar-refractivity contribution in [2.45, 2.75) is 31.4 Å². The summed E-state index contributed by atoms with van der Waals surface area (Å²) in [6, 6.07) is 3.48. The quantitative estimate of drug-likeness (QED) is 0.651. The van der Waals surface area contributed by atoms with Crippen molar-refractivity contribution in [3.05, 3.63) is 35.4 Å². The number of rotatable bonds is 4. The van der Waals surface area contributed by atoms with Gasteiger partial charge in [0.25, 0.3) is 0 Å². The minimum Gasteiger partial charge on any atom is -0.383 e. The van der Waals surface area contributed by atoms with E-state index in [4.69, 9.17) is 5.73 Å². The van der Waals surface area contributed by atoms with Crippen molar-refractivity contribution >= 4 is 5.96 Å². The summed E-state index contributed by atoms with van der Waals surface area (Å²) >= 11 is 0. The second kappa shape index (κ2) is 5.36. The van der Waals surface area contributed by atoms with Gasteiger partial charge in [0.1, 0.15) is 17.2 Å². The van der Waals surface area contributed by atoms with Crippen molar-refractivity contribution in [3.63, 3.8) is 0 Å². The van der Waals surface area contributed by atoms with Crippen LogP contribution in [0.2, 0.25) is 0 Å². The van der Waals surface area contributed by atoms with E-state index in [1.54, 1.807) is 0 Å². The molecule has 0 heterocycles. The van der Waals surface area contributed by atoms with Crippen molar-refractivity contribution in [2.24, 2.45) is 10.7 Å². The number of aliphatic hydroxyl groups is 1. The topological polar surface area (TPSA) is 61.8 Å². The first-order valence-electron chi connectivity index (χ1n) is 6.52. The predicted molar refractivity (Wildman–Crippen MR) is 73.2 cm³/mol. The zero-order chi connectivity index (χ0) is 14.9. The average Bonchev–Trinajstić information content (AvgIpc) is 3.18. The molecule has 0 aliphatic heterocycles. The maximum absolute atomic E-state index is 13.7. The largest absolute Gasteiger partial charge is 0.383 e. The Balaban J connectivity index is 2.11. The van der Waals surface area contributed by atoms with Crippen LogP contribution in [-0.4, -0.2) is 35.6 Å². The zero-order valence-electron chi connectivity index (χ0n) is 11.6. The van der Waals surface area contributed by atoms with Crippen LogP contribution in [0.1, 0.15) is 25.3 Å². The van der Waals surface area contributed by atoms with Crippen LogP contribution in [0.4, 0.5) is 8.78 Å². The lowest BCUT2D eigenvalue weighted by molar-refractivity contribution is 0.0631. The monoisotopic (exact) mass is 283 g/mol. The average molecular weight is 283 g/mol. The molecule has 110 valence electrons. The first-order chi connectivity index (χ1) is 9.31. The molecule has 4 nitrogen and oxygen atoms in total. The molecule has 20 heavy (non-hydrogen) atoms. The Kier molecular flexibility index (Phi) is 3.94. The van der Waals surface area contributed by atoms with E-state index in [0.717, 1.165) is 25.0 Å². The highest BCUT2D eigenvalue weighted by atomic mass is 19.1. The Bertz CT molecular complexity index is 527. The van der Waals surface area contributed by atoms with Crippen molar-refractivity contribution < 1.29 is 13.9 Å². The Morgan fingerprint density at radius 2 is 2.15 bits per heavy atom. The first-order valence-corrected chi connectivity index (χ1v) is 6.52. The normalized spacial score (nSPS) is 18.8. The lowest BCUT2D eigenvalue weighted by Crippen LogP contribution is -2.37. The molecule has 1 aliphatic rings. The summed E-state index contributed by atoms with van der Waals surface area (Å²) in [6.45, 7) is 1.34. The highest BCUT2D eigenvalue weighted by molar-refractivity contribution is 5.78. The third-order valence-electron chi connectivity index (χ3n) is 3.52. The summed E-state index contributed by atoms with van der Waals surface area (Å²) < 4.78 is 26.6. The Hall–Kier alpha value is -1.69. The van der Waals surface area contributed by atoms with Crippen LogP contribution in [0.5, 0.6) is 0 Å². The fourth-order valence-electron chi connectivity index (χ4n) is 2.01. The van der Waals surface area contributed by atoms with Crippen LogP contribution >= 0.6 is 0 Å². The fourth-order valence-corrected chi connectivity index (χ4v) is 2.01. The summed E-state index contributed by atoms with van der Waals surface area (Å²) in [5.74, 6) is -1.16. The third-order valence-corrected chi connectivity index (χ3v) is 3.52. The van der Waals surface area contributed by atoms with E-state index in [0.29, 0.717) is 12.0 Å². The molecule has 0 amide bonds. The lowest BCUT2D eigenvalue weighted by Gasteiger charge is -2.24. The van der Waals surface area contributed by atoms with E-state index in [-0.39, 0.29) is 12.1 Å². The minimum absolute atomic E-state index is 0.00419. The molecule has 0 spiro atoms. The third kappa shape index (κ3) is 3.25. The highest BCUT2D eigenvalue weighted by Gasteiger charge is 2.29. The molecule has 1 fully saturated rings. The molecule has 0 bridgehead atoms. The summed E-state index contributed by atoms with van der Waals surface area (Å²) in [6.07, 6.45) is 2.16. The molecule has 1 unspecified atom stereocenters. The van der Waals surface area contributed by atoms with Gasteiger partial charge < -0.3 is 15.7 Å². The molecule has 0 saturated heterocycles. The molecule has 0 radical (unpaired) electrons. The molecule has 1 aliphatic carbocycles. The maximum atomic E-state index is 13.7. The first kappa shape index (κ1) is 14.7. The van der Waals surface area contributed by atoms with Gasteiger partial charge in [0.05, 0.1) is 6.54 Å². The molecular weight excluding hydrogens is 264 g/mol. The minimum atomic E-state index is -1.53. The van der Waals surface area contributed by atoms with E-state index in [1.165, 1.54) is 13.0 Å². The highest BCUT2D eigenvalue weighted by Crippen LogP contribution is 2.26. The molecular formula is C14H19F2N3O. The summed E-state index contributed by atoms with van der Waals surface area (Å²) in [5, 5.41) is 10.3. The van der Waals surface area contributed by atoms with Crippen LogP contribution < -0.4 is 5.73 Å². The summed E-state index contributed by atoms with van der Waals surface area (Å²) in [5.41, 5.74) is 4.29. The molecule has 3 N–H and O–H groups in total. The van der Waals surface area contributed by atoms with Gasteiger partial charge in [-0.1, -0.05) is 6.07 Å². The number of guanidine groups is 1. The number of hydrogen-bond acceptors (Lipinski definition) is 2. The molecule has 1 aromatic rings. The maximum Gasteiger partial charge on any atom is 0.191 e. The molecule has 1 saturated carbocycles. The van der Waals surface area contributed by atoms with Gasteiger partial charge in [-0.05, 0) is 25.8 Å². The van der Waals surface area contributed by atoms with Crippen molar-refractivity contribution in [2.75, 3.05) is 13.6 Å². The van der Waals surface area contributed by atoms with Crippen LogP contribution in [-0.2, 0) is 5.60 Å². The number of aliphatic imine (C=N–C) groups is 1. The smallest absolute Gasteiger partial charge is 0.191 e. The van der Waals surface area contributed by atoms with Crippen LogP contribution in [0.15, 0.2) is 23.2 Å². The number of benzene rings is 1. The molecule has 0 aromatic heterocycles. The lowest BCUT2D eigenvalue weighted by atomic mass is 9.95. The molecule has 2 rings (SSSR count). The van der Waals surface area contributed by atoms with Crippen molar-refractivity contribution in [1.82, 2.24) is 4.90 Å². The van der Waals surface area contributed by atoms with Crippen LogP contribution in [0.25, 0.3) is 0 Å². The van der Waals surface area contributed by atoms with Crippen molar-refractivity contribution in [1.29, 1.82) is 0 Å². The van der Waals surface area contributed by atoms with Gasteiger partial charge in [-0.2, -0.15) is 0 Å². The fraction of sp³-hybridized carbons (Fsp3) is 0.500. The number of nitrogens with two attached hydrogens (primary N) is 1. The van der Waals surface area contributed by atoms with E-state index >= 15 is 0 Å². The predicted octanol–water partition coefficient (Wildman–Crippen LogP) is 1.58. The van der Waals surface area contributed by atoms with E-state index in [2.05, 4.69) is 4.99 Å². The van der Waals surface area contributed by atoms with Crippen molar-refractivity contribution in [3.8, 4) is 0 Å². The zero-order valence-corrected chi connectivity index (χ0v) is 11.6. The second-order valence-corrected chi connectivity index (χ2v) is 5.41. The van der Waals surface area contributed by atoms with Crippen LogP contribution in [0.3, 0.4) is 0 Å². The van der Waals surface area contributed by atoms with Gasteiger partial charge in [0.2, 0.25) is 0 Å². The Morgan fingerprint density at radius 1 is 1.50 bits per heavy atom. The van der Waals surface area contributed by atoms with Gasteiger partial charge in [0.15, 0.2) is 5.96 Å². The molecule has 1 aromatic carbocycles. The Labute approximate surface area is 116 Å². The van der Waals surface area contributed by atoms with E-state index in [1.807, 2.05) is 11.9 Å². The number of hydrogen-bond donors (Lipinski definition) is 2. The van der Waals surface area contributed by atoms with Gasteiger partial charge in [-0.15, -0.1) is 0 Å². The van der Waals surface area contributed by atoms with Gasteiger partial charge in [-0.25, -0.2) is 13.8 Å². The molecule has 1 atom stereocenters. The van der Waals surface area contributed by atoms with Crippen LogP contribution in [0, 0.1) is 11.6 Å². The standard InChI is InChI=1S/C14H19F2N3O/c1-14(20,11-6-3-9(15)7-12(11)16)8-18-13(17)19(2)10-4-5-10/h3,6-7,10,20H,4-5,8H2,1-2H3,(H2,17,18). The summed E-state index contributed by atoms with van der Waals surface area (Å²) in [4.78, 5) is 5.95.